The van der Waals surface area contributed by atoms with E-state index in [4.69, 9.17) is 32.7 Å². The minimum Gasteiger partial charge on any atom is -0.457 e. The molecular weight excluding hydrogens is 968 g/mol. The van der Waals surface area contributed by atoms with E-state index in [0.29, 0.717) is 52.9 Å². The highest BCUT2D eigenvalue weighted by Gasteiger charge is 2.39. The van der Waals surface area contributed by atoms with Gasteiger partial charge >= 0.3 is 0 Å². The average molecular weight is 1040 g/mol. The molecule has 17 heteroatoms. The van der Waals surface area contributed by atoms with Crippen LogP contribution in [0, 0.1) is 5.92 Å². The summed E-state index contributed by atoms with van der Waals surface area (Å²) in [6, 6.07) is 25.7. The largest absolute Gasteiger partial charge is 0.457 e. The number of likely N-dealkylation sites (N-methyl/N-ethyl adjacent to an activating group) is 2. The van der Waals surface area contributed by atoms with Gasteiger partial charge in [0, 0.05) is 74.4 Å². The number of hydrogen-bond acceptors (Lipinski definition) is 9. The number of rotatable bonds is 13. The minimum atomic E-state index is -1.19. The number of ether oxygens (including phenoxy) is 2. The summed E-state index contributed by atoms with van der Waals surface area (Å²) in [4.78, 5) is 85.1. The van der Waals surface area contributed by atoms with Gasteiger partial charge in [0.2, 0.25) is 29.5 Å². The number of aromatic nitrogens is 2. The van der Waals surface area contributed by atoms with Crippen LogP contribution in [-0.4, -0.2) is 131 Å². The van der Waals surface area contributed by atoms with Crippen molar-refractivity contribution in [3.8, 4) is 22.8 Å². The van der Waals surface area contributed by atoms with Crippen molar-refractivity contribution in [2.75, 3.05) is 41.9 Å². The number of methoxy groups -OCH3 is 1. The minimum absolute atomic E-state index is 0.0490. The van der Waals surface area contributed by atoms with Crippen LogP contribution in [0.2, 0.25) is 10.0 Å². The summed E-state index contributed by atoms with van der Waals surface area (Å²) >= 11 is 12.9. The van der Waals surface area contributed by atoms with Crippen molar-refractivity contribution < 1.29 is 33.4 Å². The number of carbonyl (C=O) groups excluding carboxylic acids is 5. The van der Waals surface area contributed by atoms with Gasteiger partial charge in [-0.3, -0.25) is 24.0 Å². The van der Waals surface area contributed by atoms with Gasteiger partial charge in [-0.25, -0.2) is 4.98 Å². The number of nitrogens with zero attached hydrogens (tertiary/aromatic N) is 6. The zero-order valence-electron chi connectivity index (χ0n) is 42.9. The number of nitrogens with one attached hydrogen (secondary N) is 2. The molecule has 15 nitrogen and oxygen atoms in total. The Morgan fingerprint density at radius 1 is 0.767 bits per heavy atom. The Hall–Kier alpha value is -6.26. The summed E-state index contributed by atoms with van der Waals surface area (Å²) in [5.74, 6) is -1.14. The molecule has 0 radical (unpaired) electrons. The Bertz CT molecular complexity index is 2700. The molecule has 0 unspecified atom stereocenters. The lowest BCUT2D eigenvalue weighted by molar-refractivity contribution is -0.147. The topological polar surface area (TPSA) is 159 Å². The van der Waals surface area contributed by atoms with Crippen molar-refractivity contribution in [2.24, 2.45) is 13.0 Å². The number of amides is 5. The molecule has 2 heterocycles. The monoisotopic (exact) mass is 1030 g/mol. The van der Waals surface area contributed by atoms with Crippen molar-refractivity contribution in [2.45, 2.75) is 102 Å². The lowest BCUT2D eigenvalue weighted by Crippen LogP contribution is -2.58. The summed E-state index contributed by atoms with van der Waals surface area (Å²) in [7, 11) is 10.8. The van der Waals surface area contributed by atoms with E-state index in [1.807, 2.05) is 94.1 Å². The molecule has 1 aliphatic carbocycles. The maximum absolute atomic E-state index is 15.2. The number of imidazole rings is 1. The van der Waals surface area contributed by atoms with Crippen LogP contribution in [0.4, 0.5) is 0 Å². The van der Waals surface area contributed by atoms with Crippen LogP contribution >= 0.6 is 23.2 Å². The molecule has 6 atom stereocenters. The highest BCUT2D eigenvalue weighted by atomic mass is 35.5. The molecule has 4 aromatic carbocycles. The first-order valence-electron chi connectivity index (χ1n) is 24.9. The number of hydrogen-bond donors (Lipinski definition) is 2. The van der Waals surface area contributed by atoms with E-state index in [1.54, 1.807) is 56.3 Å². The Balaban J connectivity index is 1.25. The molecule has 1 saturated heterocycles. The summed E-state index contributed by atoms with van der Waals surface area (Å²) < 4.78 is 14.1. The van der Waals surface area contributed by atoms with Crippen molar-refractivity contribution in [1.29, 1.82) is 0 Å². The Kier molecular flexibility index (Phi) is 18.8. The molecule has 0 bridgehead atoms. The highest BCUT2D eigenvalue weighted by molar-refractivity contribution is 6.31. The van der Waals surface area contributed by atoms with E-state index < -0.39 is 41.8 Å². The number of carbonyl (C=O) groups is 5. The average Bonchev–Trinajstić information content (AvgIpc) is 3.73. The van der Waals surface area contributed by atoms with Crippen molar-refractivity contribution in [3.63, 3.8) is 0 Å². The second kappa shape index (κ2) is 25.1. The first kappa shape index (κ1) is 54.5. The molecule has 5 amide bonds. The van der Waals surface area contributed by atoms with Gasteiger partial charge in [-0.15, -0.1) is 0 Å². The van der Waals surface area contributed by atoms with E-state index in [0.717, 1.165) is 41.1 Å². The van der Waals surface area contributed by atoms with Gasteiger partial charge in [0.1, 0.15) is 29.4 Å². The van der Waals surface area contributed by atoms with E-state index in [9.17, 15) is 14.4 Å². The zero-order valence-corrected chi connectivity index (χ0v) is 44.4. The van der Waals surface area contributed by atoms with Gasteiger partial charge in [-0.1, -0.05) is 84.6 Å². The molecule has 73 heavy (non-hydrogen) atoms. The Morgan fingerprint density at radius 3 is 2.15 bits per heavy atom. The van der Waals surface area contributed by atoms with Crippen LogP contribution in [0.15, 0.2) is 103 Å². The molecule has 2 N–H and O–H groups in total. The number of fused-ring (bicyclic) bond motifs is 1. The van der Waals surface area contributed by atoms with Crippen molar-refractivity contribution in [1.82, 2.24) is 39.8 Å². The second-order valence-electron chi connectivity index (χ2n) is 19.7. The quantitative estimate of drug-likeness (QED) is 0.121. The van der Waals surface area contributed by atoms with Gasteiger partial charge in [-0.05, 0) is 106 Å². The predicted octanol–water partition coefficient (Wildman–Crippen LogP) is 7.70. The summed E-state index contributed by atoms with van der Waals surface area (Å²) in [6.45, 7) is 1.98. The van der Waals surface area contributed by atoms with Gasteiger partial charge < -0.3 is 44.3 Å². The first-order chi connectivity index (χ1) is 35.0. The molecule has 2 aliphatic rings. The van der Waals surface area contributed by atoms with E-state index in [-0.39, 0.29) is 56.3 Å². The summed E-state index contributed by atoms with van der Waals surface area (Å²) in [5.41, 5.74) is 4.14. The fourth-order valence-corrected chi connectivity index (χ4v) is 10.2. The molecule has 7 rings (SSSR count). The first-order valence-corrected chi connectivity index (χ1v) is 25.7. The third-order valence-electron chi connectivity index (χ3n) is 14.1. The van der Waals surface area contributed by atoms with Crippen LogP contribution in [-0.2, 0) is 61.7 Å². The van der Waals surface area contributed by atoms with Gasteiger partial charge in [0.25, 0.3) is 0 Å². The van der Waals surface area contributed by atoms with E-state index in [2.05, 4.69) is 25.1 Å². The molecule has 0 spiro atoms. The Morgan fingerprint density at radius 2 is 1.45 bits per heavy atom. The smallest absolute Gasteiger partial charge is 0.247 e. The third kappa shape index (κ3) is 14.1. The molecule has 1 aliphatic heterocycles. The molecule has 5 aromatic rings. The second-order valence-corrected chi connectivity index (χ2v) is 20.5. The van der Waals surface area contributed by atoms with Gasteiger partial charge in [0.15, 0.2) is 0 Å². The van der Waals surface area contributed by atoms with Crippen molar-refractivity contribution >= 4 is 52.7 Å². The van der Waals surface area contributed by atoms with E-state index in [1.165, 1.54) is 16.9 Å². The molecule has 388 valence electrons. The van der Waals surface area contributed by atoms with Gasteiger partial charge in [0.05, 0.1) is 43.5 Å². The normalized spacial score (nSPS) is 21.9. The molecule has 2 fully saturated rings. The maximum Gasteiger partial charge on any atom is 0.247 e. The van der Waals surface area contributed by atoms with E-state index >= 15 is 9.59 Å². The Labute approximate surface area is 439 Å². The lowest BCUT2D eigenvalue weighted by Gasteiger charge is -2.40. The fraction of sp³-hybridized carbons (Fsp3) is 0.429. The SMILES string of the molecule is COC[C@@H]1NC(=O)[C@H](C)N(Cc2ccc(Cl)cc2Oc2ccc(-c3cnc(CN(C)C)n3C)cc2)C(=O)C[C@@H](Cc2ccccc2)C(=O)N(C)[C@H]2CCCC[C@@H]2NC(=O)C[C@H](Cc2ccc(Cl)cc2)N(C)C1=O. The van der Waals surface area contributed by atoms with Crippen LogP contribution in [0.3, 0.4) is 0 Å². The lowest BCUT2D eigenvalue weighted by atomic mass is 9.87. The van der Waals surface area contributed by atoms with Crippen molar-refractivity contribution in [3.05, 3.63) is 136 Å². The summed E-state index contributed by atoms with van der Waals surface area (Å²) in [6.07, 6.45) is 5.12. The molecule has 1 aromatic heterocycles. The molecule has 1 saturated carbocycles. The van der Waals surface area contributed by atoms with Crippen LogP contribution in [0.25, 0.3) is 11.3 Å². The van der Waals surface area contributed by atoms with Crippen LogP contribution in [0.5, 0.6) is 11.5 Å². The summed E-state index contributed by atoms with van der Waals surface area (Å²) in [5, 5.41) is 7.08. The molecular formula is C56H68Cl2N8O7. The predicted molar refractivity (Wildman–Crippen MR) is 283 cm³/mol. The zero-order chi connectivity index (χ0) is 52.3. The fourth-order valence-electron chi connectivity index (χ4n) is 9.93. The number of halogens is 2. The van der Waals surface area contributed by atoms with Gasteiger partial charge in [-0.2, -0.15) is 0 Å². The maximum atomic E-state index is 15.2. The highest BCUT2D eigenvalue weighted by Crippen LogP contribution is 2.33. The van der Waals surface area contributed by atoms with Crippen LogP contribution in [0.1, 0.15) is 68.0 Å². The number of benzene rings is 4. The third-order valence-corrected chi connectivity index (χ3v) is 14.6. The standard InChI is InChI=1S/C56H68Cl2N8O7/c1-36-54(69)61-47(35-72-7)56(71)63(4)44(28-38-17-22-42(57)23-18-38)31-52(67)60-46-15-11-12-16-48(46)65(6)55(70)41(27-37-13-9-8-10-14-37)29-53(68)66(36)33-40-19-24-43(58)30-50(40)73-45-25-20-39(21-26-45)49-32-59-51(64(49)5)34-62(2)3/h8-10,13-14,17-26,30,32,36,41,44,46-48H,11-12,15-16,27-29,31,33-35H2,1-7H3,(H,60,67)(H,61,69)/t36-,41+,44-,46-,47-,48-/m0/s1. The van der Waals surface area contributed by atoms with Crippen LogP contribution < -0.4 is 15.4 Å².